The van der Waals surface area contributed by atoms with Crippen molar-refractivity contribution in [2.45, 2.75) is 32.6 Å². The van der Waals surface area contributed by atoms with E-state index in [1.54, 1.807) is 0 Å². The number of nitrogens with zero attached hydrogens (tertiary/aromatic N) is 1. The van der Waals surface area contributed by atoms with Gasteiger partial charge in [-0.25, -0.2) is 0 Å². The largest absolute Gasteiger partial charge is 0.339 e. The van der Waals surface area contributed by atoms with Crippen LogP contribution in [0.4, 0.5) is 0 Å². The molecule has 1 N–H and O–H groups in total. The molecule has 1 aromatic carbocycles. The van der Waals surface area contributed by atoms with Gasteiger partial charge in [-0.15, -0.1) is 6.58 Å². The van der Waals surface area contributed by atoms with Crippen molar-refractivity contribution < 1.29 is 4.79 Å². The molecule has 0 saturated carbocycles. The molecule has 126 valence electrons. The molecule has 1 aromatic rings. The summed E-state index contributed by atoms with van der Waals surface area (Å²) in [6, 6.07) is 10.4. The Morgan fingerprint density at radius 2 is 2.04 bits per heavy atom. The number of carbonyl (C=O) groups is 1. The third kappa shape index (κ3) is 5.83. The van der Waals surface area contributed by atoms with Crippen LogP contribution in [0.2, 0.25) is 0 Å². The molecular formula is C20H30N2O. The quantitative estimate of drug-likeness (QED) is 0.747. The average molecular weight is 314 g/mol. The molecule has 0 bridgehead atoms. The number of rotatable bonds is 8. The van der Waals surface area contributed by atoms with E-state index in [0.717, 1.165) is 26.1 Å². The first kappa shape index (κ1) is 17.7. The third-order valence-corrected chi connectivity index (χ3v) is 4.90. The van der Waals surface area contributed by atoms with Crippen LogP contribution in [0.15, 0.2) is 43.0 Å². The lowest BCUT2D eigenvalue weighted by Gasteiger charge is -2.30. The van der Waals surface area contributed by atoms with Crippen LogP contribution >= 0.6 is 0 Å². The van der Waals surface area contributed by atoms with Gasteiger partial charge >= 0.3 is 0 Å². The maximum atomic E-state index is 12.7. The van der Waals surface area contributed by atoms with Gasteiger partial charge in [0.1, 0.15) is 0 Å². The molecule has 0 spiro atoms. The highest BCUT2D eigenvalue weighted by atomic mass is 16.2. The molecule has 3 heteroatoms. The normalized spacial score (nSPS) is 16.7. The number of carbonyl (C=O) groups excluding carboxylic acids is 1. The van der Waals surface area contributed by atoms with Crippen molar-refractivity contribution in [1.29, 1.82) is 0 Å². The molecule has 1 unspecified atom stereocenters. The van der Waals surface area contributed by atoms with E-state index in [2.05, 4.69) is 31.0 Å². The Labute approximate surface area is 140 Å². The molecule has 1 amide bonds. The van der Waals surface area contributed by atoms with Gasteiger partial charge in [-0.3, -0.25) is 4.79 Å². The van der Waals surface area contributed by atoms with Crippen molar-refractivity contribution in [3.05, 3.63) is 48.6 Å². The van der Waals surface area contributed by atoms with Crippen molar-refractivity contribution in [1.82, 2.24) is 10.2 Å². The molecule has 23 heavy (non-hydrogen) atoms. The number of benzene rings is 1. The van der Waals surface area contributed by atoms with Gasteiger partial charge < -0.3 is 10.2 Å². The van der Waals surface area contributed by atoms with Gasteiger partial charge in [-0.1, -0.05) is 43.3 Å². The zero-order valence-electron chi connectivity index (χ0n) is 14.3. The fourth-order valence-electron chi connectivity index (χ4n) is 3.37. The van der Waals surface area contributed by atoms with E-state index in [0.29, 0.717) is 24.8 Å². The van der Waals surface area contributed by atoms with Gasteiger partial charge in [0, 0.05) is 19.5 Å². The standard InChI is InChI=1S/C20H30N2O/c1-3-14-22(15-11-18-7-5-4-6-8-18)20(23)16-17(2)19-9-12-21-13-10-19/h3-8,17,19,21H,1,9-16H2,2H3. The summed E-state index contributed by atoms with van der Waals surface area (Å²) < 4.78 is 0. The van der Waals surface area contributed by atoms with Gasteiger partial charge in [0.05, 0.1) is 0 Å². The Balaban J connectivity index is 1.85. The number of hydrogen-bond acceptors (Lipinski definition) is 2. The molecule has 1 aliphatic heterocycles. The summed E-state index contributed by atoms with van der Waals surface area (Å²) >= 11 is 0. The molecule has 0 radical (unpaired) electrons. The summed E-state index contributed by atoms with van der Waals surface area (Å²) in [5.74, 6) is 1.42. The first-order valence-electron chi connectivity index (χ1n) is 8.84. The van der Waals surface area contributed by atoms with E-state index >= 15 is 0 Å². The van der Waals surface area contributed by atoms with Crippen molar-refractivity contribution in [2.24, 2.45) is 11.8 Å². The molecule has 2 rings (SSSR count). The minimum Gasteiger partial charge on any atom is -0.339 e. The lowest BCUT2D eigenvalue weighted by Crippen LogP contribution is -2.36. The summed E-state index contributed by atoms with van der Waals surface area (Å²) in [6.45, 7) is 9.63. The smallest absolute Gasteiger partial charge is 0.223 e. The Morgan fingerprint density at radius 1 is 1.35 bits per heavy atom. The number of nitrogens with one attached hydrogen (secondary N) is 1. The van der Waals surface area contributed by atoms with Crippen LogP contribution in [-0.4, -0.2) is 37.0 Å². The summed E-state index contributed by atoms with van der Waals surface area (Å²) in [5, 5.41) is 3.40. The molecule has 1 atom stereocenters. The summed E-state index contributed by atoms with van der Waals surface area (Å²) in [5.41, 5.74) is 1.28. The Morgan fingerprint density at radius 3 is 2.70 bits per heavy atom. The molecule has 0 aliphatic carbocycles. The molecular weight excluding hydrogens is 284 g/mol. The third-order valence-electron chi connectivity index (χ3n) is 4.90. The van der Waals surface area contributed by atoms with E-state index in [1.807, 2.05) is 29.2 Å². The monoisotopic (exact) mass is 314 g/mol. The van der Waals surface area contributed by atoms with Crippen LogP contribution in [0.1, 0.15) is 31.7 Å². The highest BCUT2D eigenvalue weighted by molar-refractivity contribution is 5.76. The predicted molar refractivity (Wildman–Crippen MR) is 96.3 cm³/mol. The lowest BCUT2D eigenvalue weighted by atomic mass is 9.84. The van der Waals surface area contributed by atoms with Crippen molar-refractivity contribution in [3.8, 4) is 0 Å². The van der Waals surface area contributed by atoms with E-state index in [9.17, 15) is 4.79 Å². The van der Waals surface area contributed by atoms with Crippen LogP contribution in [-0.2, 0) is 11.2 Å². The minimum absolute atomic E-state index is 0.270. The van der Waals surface area contributed by atoms with E-state index in [-0.39, 0.29) is 5.91 Å². The zero-order chi connectivity index (χ0) is 16.5. The van der Waals surface area contributed by atoms with Crippen LogP contribution in [0, 0.1) is 11.8 Å². The first-order chi connectivity index (χ1) is 11.2. The van der Waals surface area contributed by atoms with Crippen molar-refractivity contribution in [3.63, 3.8) is 0 Å². The Bertz CT molecular complexity index is 480. The van der Waals surface area contributed by atoms with Gasteiger partial charge in [-0.05, 0) is 49.8 Å². The Hall–Kier alpha value is -1.61. The van der Waals surface area contributed by atoms with E-state index in [4.69, 9.17) is 0 Å². The fraction of sp³-hybridized carbons (Fsp3) is 0.550. The second kappa shape index (κ2) is 9.51. The lowest BCUT2D eigenvalue weighted by molar-refractivity contribution is -0.132. The maximum Gasteiger partial charge on any atom is 0.223 e. The van der Waals surface area contributed by atoms with Gasteiger partial charge in [0.25, 0.3) is 0 Å². The summed E-state index contributed by atoms with van der Waals surface area (Å²) in [4.78, 5) is 14.6. The van der Waals surface area contributed by atoms with Crippen LogP contribution in [0.25, 0.3) is 0 Å². The molecule has 1 fully saturated rings. The second-order valence-corrected chi connectivity index (χ2v) is 6.63. The van der Waals surface area contributed by atoms with Crippen molar-refractivity contribution >= 4 is 5.91 Å². The summed E-state index contributed by atoms with van der Waals surface area (Å²) in [6.07, 6.45) is 5.79. The van der Waals surface area contributed by atoms with Gasteiger partial charge in [-0.2, -0.15) is 0 Å². The Kier molecular flexibility index (Phi) is 7.34. The number of amides is 1. The molecule has 3 nitrogen and oxygen atoms in total. The van der Waals surface area contributed by atoms with E-state index in [1.165, 1.54) is 18.4 Å². The first-order valence-corrected chi connectivity index (χ1v) is 8.84. The molecule has 1 aliphatic rings. The maximum absolute atomic E-state index is 12.7. The highest BCUT2D eigenvalue weighted by Crippen LogP contribution is 2.25. The second-order valence-electron chi connectivity index (χ2n) is 6.63. The SMILES string of the molecule is C=CCN(CCc1ccccc1)C(=O)CC(C)C1CCNCC1. The predicted octanol–water partition coefficient (Wildman–Crippen LogP) is 3.27. The summed E-state index contributed by atoms with van der Waals surface area (Å²) in [7, 11) is 0. The minimum atomic E-state index is 0.270. The van der Waals surface area contributed by atoms with Crippen LogP contribution in [0.3, 0.4) is 0 Å². The van der Waals surface area contributed by atoms with Crippen LogP contribution < -0.4 is 5.32 Å². The van der Waals surface area contributed by atoms with E-state index < -0.39 is 0 Å². The van der Waals surface area contributed by atoms with Gasteiger partial charge in [0.2, 0.25) is 5.91 Å². The molecule has 1 saturated heterocycles. The van der Waals surface area contributed by atoms with Crippen LogP contribution in [0.5, 0.6) is 0 Å². The van der Waals surface area contributed by atoms with Gasteiger partial charge in [0.15, 0.2) is 0 Å². The number of hydrogen-bond donors (Lipinski definition) is 1. The zero-order valence-corrected chi connectivity index (χ0v) is 14.3. The topological polar surface area (TPSA) is 32.3 Å². The average Bonchev–Trinajstić information content (AvgIpc) is 2.60. The molecule has 1 heterocycles. The fourth-order valence-corrected chi connectivity index (χ4v) is 3.37. The number of piperidine rings is 1. The highest BCUT2D eigenvalue weighted by Gasteiger charge is 2.23. The van der Waals surface area contributed by atoms with Crippen molar-refractivity contribution in [2.75, 3.05) is 26.2 Å². The molecule has 0 aromatic heterocycles.